The van der Waals surface area contributed by atoms with Gasteiger partial charge in [-0.1, -0.05) is 22.0 Å². The summed E-state index contributed by atoms with van der Waals surface area (Å²) < 4.78 is 1.11. The second-order valence-corrected chi connectivity index (χ2v) is 4.35. The highest BCUT2D eigenvalue weighted by atomic mass is 79.9. The van der Waals surface area contributed by atoms with E-state index in [4.69, 9.17) is 11.0 Å². The molecule has 4 heteroatoms. The molecule has 2 rings (SSSR count). The van der Waals surface area contributed by atoms with Crippen LogP contribution in [0.25, 0.3) is 10.1 Å². The molecule has 0 unspecified atom stereocenters. The number of rotatable bonds is 1. The van der Waals surface area contributed by atoms with Crippen molar-refractivity contribution in [2.24, 2.45) is 0 Å². The van der Waals surface area contributed by atoms with E-state index in [0.29, 0.717) is 11.3 Å². The van der Waals surface area contributed by atoms with Gasteiger partial charge >= 0.3 is 0 Å². The van der Waals surface area contributed by atoms with E-state index in [0.717, 1.165) is 15.4 Å². The Bertz CT molecular complexity index is 525. The predicted octanol–water partition coefficient (Wildman–Crippen LogP) is 3.25. The summed E-state index contributed by atoms with van der Waals surface area (Å²) in [5, 5.41) is 12.5. The normalized spacial score (nSPS) is 10.3. The van der Waals surface area contributed by atoms with Gasteiger partial charge in [0.25, 0.3) is 0 Å². The van der Waals surface area contributed by atoms with Gasteiger partial charge in [0.15, 0.2) is 0 Å². The van der Waals surface area contributed by atoms with Gasteiger partial charge in [0.2, 0.25) is 0 Å². The summed E-state index contributed by atoms with van der Waals surface area (Å²) in [5.74, 6) is 0. The summed E-state index contributed by atoms with van der Waals surface area (Å²) in [6, 6.07) is 5.94. The standard InChI is InChI=1S/C10H7BrN2S/c11-3-6-1-2-7(4-12)9-8(13)5-14-10(6)9/h1-2,5H,3,13H2. The maximum Gasteiger partial charge on any atom is 0.0999 e. The molecule has 0 aliphatic rings. The second-order valence-electron chi connectivity index (χ2n) is 2.91. The van der Waals surface area contributed by atoms with Crippen molar-refractivity contribution >= 4 is 43.0 Å². The van der Waals surface area contributed by atoms with Crippen LogP contribution in [0.2, 0.25) is 0 Å². The first kappa shape index (κ1) is 9.50. The Labute approximate surface area is 94.1 Å². The molecule has 14 heavy (non-hydrogen) atoms. The van der Waals surface area contributed by atoms with Crippen molar-refractivity contribution in [1.82, 2.24) is 0 Å². The molecular formula is C10H7BrN2S. The van der Waals surface area contributed by atoms with E-state index in [-0.39, 0.29) is 0 Å². The third kappa shape index (κ3) is 1.29. The van der Waals surface area contributed by atoms with Gasteiger partial charge in [0.05, 0.1) is 17.3 Å². The lowest BCUT2D eigenvalue weighted by molar-refractivity contribution is 1.47. The maximum absolute atomic E-state index is 8.93. The topological polar surface area (TPSA) is 49.8 Å². The number of nitriles is 1. The molecule has 2 nitrogen and oxygen atoms in total. The minimum atomic E-state index is 0.656. The van der Waals surface area contributed by atoms with E-state index < -0.39 is 0 Å². The first-order valence-electron chi connectivity index (χ1n) is 4.02. The van der Waals surface area contributed by atoms with E-state index in [2.05, 4.69) is 22.0 Å². The van der Waals surface area contributed by atoms with Gasteiger partial charge < -0.3 is 5.73 Å². The Hall–Kier alpha value is -1.05. The number of nitrogen functional groups attached to an aromatic ring is 1. The molecule has 0 radical (unpaired) electrons. The number of nitrogens with zero attached hydrogens (tertiary/aromatic N) is 1. The molecule has 0 fully saturated rings. The second kappa shape index (κ2) is 3.60. The van der Waals surface area contributed by atoms with Crippen LogP contribution < -0.4 is 5.73 Å². The molecule has 2 aromatic rings. The molecule has 1 heterocycles. The van der Waals surface area contributed by atoms with Crippen LogP contribution >= 0.6 is 27.3 Å². The lowest BCUT2D eigenvalue weighted by Crippen LogP contribution is -1.86. The van der Waals surface area contributed by atoms with E-state index >= 15 is 0 Å². The van der Waals surface area contributed by atoms with Crippen molar-refractivity contribution in [3.63, 3.8) is 0 Å². The third-order valence-electron chi connectivity index (χ3n) is 2.10. The molecule has 1 aromatic heterocycles. The SMILES string of the molecule is N#Cc1ccc(CBr)c2scc(N)c12. The highest BCUT2D eigenvalue weighted by molar-refractivity contribution is 9.08. The minimum absolute atomic E-state index is 0.656. The van der Waals surface area contributed by atoms with Crippen LogP contribution in [0.3, 0.4) is 0 Å². The van der Waals surface area contributed by atoms with Crippen LogP contribution in [0.15, 0.2) is 17.5 Å². The molecule has 1 aromatic carbocycles. The molecule has 0 aliphatic carbocycles. The number of benzene rings is 1. The van der Waals surface area contributed by atoms with Crippen LogP contribution in [-0.2, 0) is 5.33 Å². The van der Waals surface area contributed by atoms with Gasteiger partial charge in [-0.2, -0.15) is 5.26 Å². The number of nitrogens with two attached hydrogens (primary N) is 1. The van der Waals surface area contributed by atoms with Crippen molar-refractivity contribution in [3.8, 4) is 6.07 Å². The average molecular weight is 267 g/mol. The van der Waals surface area contributed by atoms with Crippen molar-refractivity contribution in [1.29, 1.82) is 5.26 Å². The summed E-state index contributed by atoms with van der Waals surface area (Å²) in [6.07, 6.45) is 0. The van der Waals surface area contributed by atoms with Gasteiger partial charge in [-0.3, -0.25) is 0 Å². The average Bonchev–Trinajstić information content (AvgIpc) is 2.60. The Morgan fingerprint density at radius 1 is 1.50 bits per heavy atom. The molecule has 0 bridgehead atoms. The van der Waals surface area contributed by atoms with Crippen LogP contribution in [0.5, 0.6) is 0 Å². The number of halogens is 1. The van der Waals surface area contributed by atoms with Gasteiger partial charge in [0.1, 0.15) is 0 Å². The predicted molar refractivity (Wildman–Crippen MR) is 63.6 cm³/mol. The Morgan fingerprint density at radius 3 is 2.93 bits per heavy atom. The molecule has 0 saturated heterocycles. The third-order valence-corrected chi connectivity index (χ3v) is 3.77. The summed E-state index contributed by atoms with van der Waals surface area (Å²) in [6.45, 7) is 0. The van der Waals surface area contributed by atoms with Crippen molar-refractivity contribution in [2.45, 2.75) is 5.33 Å². The zero-order chi connectivity index (χ0) is 10.1. The first-order valence-corrected chi connectivity index (χ1v) is 6.02. The molecule has 0 aliphatic heterocycles. The van der Waals surface area contributed by atoms with Crippen LogP contribution in [0, 0.1) is 11.3 Å². The van der Waals surface area contributed by atoms with Gasteiger partial charge in [-0.15, -0.1) is 11.3 Å². The zero-order valence-electron chi connectivity index (χ0n) is 7.25. The number of fused-ring (bicyclic) bond motifs is 1. The van der Waals surface area contributed by atoms with Crippen molar-refractivity contribution < 1.29 is 0 Å². The summed E-state index contributed by atoms with van der Waals surface area (Å²) in [7, 11) is 0. The van der Waals surface area contributed by atoms with Crippen molar-refractivity contribution in [3.05, 3.63) is 28.6 Å². The van der Waals surface area contributed by atoms with Crippen LogP contribution in [0.1, 0.15) is 11.1 Å². The Balaban J connectivity index is 2.89. The minimum Gasteiger partial charge on any atom is -0.398 e. The fraction of sp³-hybridized carbons (Fsp3) is 0.100. The molecule has 0 atom stereocenters. The Morgan fingerprint density at radius 2 is 2.29 bits per heavy atom. The molecule has 2 N–H and O–H groups in total. The lowest BCUT2D eigenvalue weighted by atomic mass is 10.1. The van der Waals surface area contributed by atoms with Gasteiger partial charge in [0, 0.05) is 20.8 Å². The molecule has 70 valence electrons. The highest BCUT2D eigenvalue weighted by Crippen LogP contribution is 2.34. The van der Waals surface area contributed by atoms with Gasteiger partial charge in [-0.25, -0.2) is 0 Å². The van der Waals surface area contributed by atoms with E-state index in [1.54, 1.807) is 11.3 Å². The lowest BCUT2D eigenvalue weighted by Gasteiger charge is -2.00. The number of hydrogen-bond donors (Lipinski definition) is 1. The molecule has 0 amide bonds. The molecular weight excluding hydrogens is 260 g/mol. The first-order chi connectivity index (χ1) is 6.77. The number of hydrogen-bond acceptors (Lipinski definition) is 3. The summed E-state index contributed by atoms with van der Waals surface area (Å²) >= 11 is 5.01. The fourth-order valence-corrected chi connectivity index (χ4v) is 3.08. The number of anilines is 1. The highest BCUT2D eigenvalue weighted by Gasteiger charge is 2.09. The van der Waals surface area contributed by atoms with Crippen molar-refractivity contribution in [2.75, 3.05) is 5.73 Å². The molecule has 0 spiro atoms. The van der Waals surface area contributed by atoms with Crippen LogP contribution in [0.4, 0.5) is 5.69 Å². The van der Waals surface area contributed by atoms with Gasteiger partial charge in [-0.05, 0) is 11.6 Å². The number of alkyl halides is 1. The fourth-order valence-electron chi connectivity index (χ4n) is 1.43. The quantitative estimate of drug-likeness (QED) is 0.806. The summed E-state index contributed by atoms with van der Waals surface area (Å²) in [5.41, 5.74) is 8.36. The van der Waals surface area contributed by atoms with Crippen LogP contribution in [-0.4, -0.2) is 0 Å². The number of thiophene rings is 1. The summed E-state index contributed by atoms with van der Waals surface area (Å²) in [4.78, 5) is 0. The molecule has 0 saturated carbocycles. The zero-order valence-corrected chi connectivity index (χ0v) is 9.65. The maximum atomic E-state index is 8.93. The van der Waals surface area contributed by atoms with E-state index in [1.165, 1.54) is 5.56 Å². The van der Waals surface area contributed by atoms with E-state index in [9.17, 15) is 0 Å². The smallest absolute Gasteiger partial charge is 0.0999 e. The Kier molecular flexibility index (Phi) is 2.44. The monoisotopic (exact) mass is 266 g/mol. The largest absolute Gasteiger partial charge is 0.398 e. The van der Waals surface area contributed by atoms with E-state index in [1.807, 2.05) is 17.5 Å².